The average Bonchev–Trinajstić information content (AvgIpc) is 2.71. The second-order valence-corrected chi connectivity index (χ2v) is 5.46. The van der Waals surface area contributed by atoms with Crippen LogP contribution in [-0.2, 0) is 0 Å². The van der Waals surface area contributed by atoms with E-state index in [4.69, 9.17) is 5.73 Å². The minimum absolute atomic E-state index is 0.442. The van der Waals surface area contributed by atoms with E-state index in [0.717, 1.165) is 5.92 Å². The quantitative estimate of drug-likeness (QED) is 0.697. The molecule has 2 N–H and O–H groups in total. The summed E-state index contributed by atoms with van der Waals surface area (Å²) in [4.78, 5) is 0. The molecule has 0 aromatic rings. The molecule has 0 aromatic carbocycles. The Morgan fingerprint density at radius 1 is 1.20 bits per heavy atom. The molecule has 2 rings (SSSR count). The summed E-state index contributed by atoms with van der Waals surface area (Å²) in [6.45, 7) is 0. The summed E-state index contributed by atoms with van der Waals surface area (Å²) in [7, 11) is 0. The van der Waals surface area contributed by atoms with Gasteiger partial charge in [0.2, 0.25) is 0 Å². The molecule has 0 amide bonds. The van der Waals surface area contributed by atoms with E-state index in [2.05, 4.69) is 6.08 Å². The molecule has 0 bridgehead atoms. The van der Waals surface area contributed by atoms with Gasteiger partial charge in [-0.3, -0.25) is 0 Å². The van der Waals surface area contributed by atoms with Crippen molar-refractivity contribution >= 4 is 0 Å². The number of allylic oxidation sites excluding steroid dienone is 1. The molecule has 1 saturated carbocycles. The Labute approximate surface area is 94.1 Å². The lowest BCUT2D eigenvalue weighted by molar-refractivity contribution is 0.435. The summed E-state index contributed by atoms with van der Waals surface area (Å²) < 4.78 is 0. The predicted octanol–water partition coefficient (Wildman–Crippen LogP) is 3.78. The highest BCUT2D eigenvalue weighted by atomic mass is 14.6. The van der Waals surface area contributed by atoms with E-state index in [-0.39, 0.29) is 0 Å². The Kier molecular flexibility index (Phi) is 4.25. The molecule has 1 unspecified atom stereocenters. The van der Waals surface area contributed by atoms with Crippen LogP contribution in [0.2, 0.25) is 0 Å². The maximum Gasteiger partial charge on any atom is 0.00787 e. The smallest absolute Gasteiger partial charge is 0.00787 e. The highest BCUT2D eigenvalue weighted by molar-refractivity contribution is 5.06. The zero-order valence-electron chi connectivity index (χ0n) is 9.88. The van der Waals surface area contributed by atoms with E-state index in [1.807, 2.05) is 0 Å². The minimum Gasteiger partial charge on any atom is -0.327 e. The van der Waals surface area contributed by atoms with Crippen molar-refractivity contribution in [2.24, 2.45) is 11.7 Å². The SMILES string of the molecule is NC(CC1=CCCCC1)CC1CCCC1. The molecule has 0 heterocycles. The molecule has 0 aromatic heterocycles. The first-order chi connectivity index (χ1) is 7.34. The Hall–Kier alpha value is -0.300. The zero-order valence-corrected chi connectivity index (χ0v) is 9.88. The molecule has 1 atom stereocenters. The van der Waals surface area contributed by atoms with Crippen LogP contribution >= 0.6 is 0 Å². The van der Waals surface area contributed by atoms with Crippen molar-refractivity contribution in [1.82, 2.24) is 0 Å². The fourth-order valence-corrected chi connectivity index (χ4v) is 3.18. The first-order valence-electron chi connectivity index (χ1n) is 6.78. The van der Waals surface area contributed by atoms with Crippen LogP contribution in [0.5, 0.6) is 0 Å². The molecule has 0 aliphatic heterocycles. The van der Waals surface area contributed by atoms with Gasteiger partial charge in [0.25, 0.3) is 0 Å². The van der Waals surface area contributed by atoms with Crippen molar-refractivity contribution in [3.05, 3.63) is 11.6 Å². The Morgan fingerprint density at radius 3 is 2.67 bits per heavy atom. The molecule has 0 radical (unpaired) electrons. The maximum absolute atomic E-state index is 6.24. The molecule has 0 spiro atoms. The maximum atomic E-state index is 6.24. The number of hydrogen-bond donors (Lipinski definition) is 1. The van der Waals surface area contributed by atoms with E-state index in [0.29, 0.717) is 6.04 Å². The number of hydrogen-bond acceptors (Lipinski definition) is 1. The van der Waals surface area contributed by atoms with Gasteiger partial charge < -0.3 is 5.73 Å². The standard InChI is InChI=1S/C14H25N/c15-14(11-13-8-4-5-9-13)10-12-6-2-1-3-7-12/h6,13-14H,1-5,7-11,15H2. The summed E-state index contributed by atoms with van der Waals surface area (Å²) in [5.74, 6) is 0.948. The highest BCUT2D eigenvalue weighted by Crippen LogP contribution is 2.30. The van der Waals surface area contributed by atoms with E-state index < -0.39 is 0 Å². The number of nitrogens with two attached hydrogens (primary N) is 1. The van der Waals surface area contributed by atoms with Gasteiger partial charge in [0.15, 0.2) is 0 Å². The fraction of sp³-hybridized carbons (Fsp3) is 0.857. The molecule has 2 aliphatic rings. The number of rotatable bonds is 4. The van der Waals surface area contributed by atoms with Crippen molar-refractivity contribution in [3.8, 4) is 0 Å². The van der Waals surface area contributed by atoms with Crippen LogP contribution < -0.4 is 5.73 Å². The monoisotopic (exact) mass is 207 g/mol. The van der Waals surface area contributed by atoms with Crippen LogP contribution in [0.4, 0.5) is 0 Å². The van der Waals surface area contributed by atoms with E-state index in [1.54, 1.807) is 5.57 Å². The third-order valence-corrected chi connectivity index (χ3v) is 4.02. The van der Waals surface area contributed by atoms with Crippen LogP contribution in [0.25, 0.3) is 0 Å². The van der Waals surface area contributed by atoms with Crippen molar-refractivity contribution in [2.45, 2.75) is 70.3 Å². The van der Waals surface area contributed by atoms with E-state index in [1.165, 1.54) is 64.2 Å². The highest BCUT2D eigenvalue weighted by Gasteiger charge is 2.18. The lowest BCUT2D eigenvalue weighted by Crippen LogP contribution is -2.23. The van der Waals surface area contributed by atoms with Crippen LogP contribution in [0.3, 0.4) is 0 Å². The van der Waals surface area contributed by atoms with Gasteiger partial charge in [-0.05, 0) is 44.4 Å². The Bertz CT molecular complexity index is 213. The van der Waals surface area contributed by atoms with Gasteiger partial charge in [-0.2, -0.15) is 0 Å². The fourth-order valence-electron chi connectivity index (χ4n) is 3.18. The second-order valence-electron chi connectivity index (χ2n) is 5.46. The largest absolute Gasteiger partial charge is 0.327 e. The van der Waals surface area contributed by atoms with Crippen molar-refractivity contribution in [3.63, 3.8) is 0 Å². The summed E-state index contributed by atoms with van der Waals surface area (Å²) >= 11 is 0. The lowest BCUT2D eigenvalue weighted by atomic mass is 9.90. The molecule has 1 nitrogen and oxygen atoms in total. The summed E-state index contributed by atoms with van der Waals surface area (Å²) in [6, 6.07) is 0.442. The Balaban J connectivity index is 1.71. The first kappa shape index (κ1) is 11.2. The molecular weight excluding hydrogens is 182 g/mol. The Morgan fingerprint density at radius 2 is 2.00 bits per heavy atom. The molecular formula is C14H25N. The molecule has 1 fully saturated rings. The van der Waals surface area contributed by atoms with Gasteiger partial charge in [0.05, 0.1) is 0 Å². The summed E-state index contributed by atoms with van der Waals surface area (Å²) in [5.41, 5.74) is 7.89. The molecule has 15 heavy (non-hydrogen) atoms. The van der Waals surface area contributed by atoms with Crippen LogP contribution in [0.1, 0.15) is 64.2 Å². The van der Waals surface area contributed by atoms with Crippen LogP contribution in [0, 0.1) is 5.92 Å². The first-order valence-corrected chi connectivity index (χ1v) is 6.78. The van der Waals surface area contributed by atoms with Gasteiger partial charge in [-0.15, -0.1) is 0 Å². The zero-order chi connectivity index (χ0) is 10.5. The van der Waals surface area contributed by atoms with Gasteiger partial charge in [-0.25, -0.2) is 0 Å². The van der Waals surface area contributed by atoms with Gasteiger partial charge in [0.1, 0.15) is 0 Å². The van der Waals surface area contributed by atoms with Crippen molar-refractivity contribution in [2.75, 3.05) is 0 Å². The molecule has 2 aliphatic carbocycles. The molecule has 86 valence electrons. The summed E-state index contributed by atoms with van der Waals surface area (Å²) in [5, 5.41) is 0. The van der Waals surface area contributed by atoms with Gasteiger partial charge >= 0.3 is 0 Å². The third-order valence-electron chi connectivity index (χ3n) is 4.02. The van der Waals surface area contributed by atoms with Crippen molar-refractivity contribution in [1.29, 1.82) is 0 Å². The molecule has 1 heteroatoms. The predicted molar refractivity (Wildman–Crippen MR) is 65.7 cm³/mol. The molecule has 0 saturated heterocycles. The normalized spacial score (nSPS) is 25.3. The lowest BCUT2D eigenvalue weighted by Gasteiger charge is -2.19. The van der Waals surface area contributed by atoms with E-state index in [9.17, 15) is 0 Å². The van der Waals surface area contributed by atoms with Crippen LogP contribution in [0.15, 0.2) is 11.6 Å². The van der Waals surface area contributed by atoms with Crippen molar-refractivity contribution < 1.29 is 0 Å². The van der Waals surface area contributed by atoms with E-state index >= 15 is 0 Å². The second kappa shape index (κ2) is 5.69. The third kappa shape index (κ3) is 3.64. The minimum atomic E-state index is 0.442. The average molecular weight is 207 g/mol. The van der Waals surface area contributed by atoms with Gasteiger partial charge in [-0.1, -0.05) is 37.3 Å². The van der Waals surface area contributed by atoms with Crippen LogP contribution in [-0.4, -0.2) is 6.04 Å². The topological polar surface area (TPSA) is 26.0 Å². The summed E-state index contributed by atoms with van der Waals surface area (Å²) in [6.07, 6.45) is 16.1. The van der Waals surface area contributed by atoms with Gasteiger partial charge in [0, 0.05) is 6.04 Å².